The number of pyridine rings is 1. The summed E-state index contributed by atoms with van der Waals surface area (Å²) in [5, 5.41) is 6.33. The van der Waals surface area contributed by atoms with Crippen LogP contribution in [0.25, 0.3) is 58.6 Å². The molecule has 0 aliphatic rings. The van der Waals surface area contributed by atoms with Crippen LogP contribution in [0.3, 0.4) is 0 Å². The Morgan fingerprint density at radius 2 is 1.47 bits per heavy atom. The number of fused-ring (bicyclic) bond motifs is 8. The lowest BCUT2D eigenvalue weighted by Crippen LogP contribution is -1.95. The zero-order valence-electron chi connectivity index (χ0n) is 16.0. The second kappa shape index (κ2) is 5.91. The third-order valence-corrected chi connectivity index (χ3v) is 7.17. The van der Waals surface area contributed by atoms with Crippen molar-refractivity contribution in [1.82, 2.24) is 9.55 Å². The van der Waals surface area contributed by atoms with Gasteiger partial charge in [0.2, 0.25) is 0 Å². The maximum Gasteiger partial charge on any atom is 0.0963 e. The molecule has 0 fully saturated rings. The van der Waals surface area contributed by atoms with Gasteiger partial charge in [0.15, 0.2) is 0 Å². The van der Waals surface area contributed by atoms with Crippen molar-refractivity contribution in [3.63, 3.8) is 0 Å². The fourth-order valence-corrected chi connectivity index (χ4v) is 5.89. The van der Waals surface area contributed by atoms with E-state index >= 15 is 0 Å². The van der Waals surface area contributed by atoms with Crippen LogP contribution in [0.4, 0.5) is 0 Å². The second-order valence-electron chi connectivity index (χ2n) is 7.64. The van der Waals surface area contributed by atoms with E-state index in [0.29, 0.717) is 0 Å². The molecule has 0 atom stereocenters. The van der Waals surface area contributed by atoms with E-state index in [1.807, 2.05) is 23.6 Å². The fraction of sp³-hybridized carbons (Fsp3) is 0. The maximum atomic E-state index is 4.79. The van der Waals surface area contributed by atoms with Crippen LogP contribution >= 0.6 is 11.3 Å². The van der Waals surface area contributed by atoms with Gasteiger partial charge in [-0.25, -0.2) is 0 Å². The van der Waals surface area contributed by atoms with Crippen molar-refractivity contribution in [3.8, 4) is 5.69 Å². The molecule has 7 rings (SSSR count). The normalized spacial score (nSPS) is 12.0. The van der Waals surface area contributed by atoms with E-state index in [9.17, 15) is 0 Å². The Morgan fingerprint density at radius 1 is 0.633 bits per heavy atom. The molecule has 0 saturated heterocycles. The molecular formula is C27H16N2S. The molecule has 4 aromatic carbocycles. The van der Waals surface area contributed by atoms with Crippen molar-refractivity contribution in [2.75, 3.05) is 0 Å². The van der Waals surface area contributed by atoms with Gasteiger partial charge >= 0.3 is 0 Å². The van der Waals surface area contributed by atoms with E-state index in [2.05, 4.69) is 89.5 Å². The first kappa shape index (κ1) is 16.1. The third-order valence-electron chi connectivity index (χ3n) is 6.03. The number of benzene rings is 4. The fourth-order valence-electron chi connectivity index (χ4n) is 4.78. The quantitative estimate of drug-likeness (QED) is 0.276. The highest BCUT2D eigenvalue weighted by atomic mass is 32.1. The molecule has 3 aromatic heterocycles. The summed E-state index contributed by atoms with van der Waals surface area (Å²) in [4.78, 5) is 4.79. The molecule has 0 saturated carbocycles. The van der Waals surface area contributed by atoms with Crippen molar-refractivity contribution in [1.29, 1.82) is 0 Å². The van der Waals surface area contributed by atoms with Gasteiger partial charge in [0.1, 0.15) is 0 Å². The molecule has 3 heterocycles. The lowest BCUT2D eigenvalue weighted by molar-refractivity contribution is 1.20. The number of aromatic nitrogens is 2. The Kier molecular flexibility index (Phi) is 3.18. The summed E-state index contributed by atoms with van der Waals surface area (Å²) in [6.07, 6.45) is 1.89. The summed E-state index contributed by atoms with van der Waals surface area (Å²) in [7, 11) is 0. The van der Waals surface area contributed by atoms with Crippen molar-refractivity contribution >= 4 is 64.2 Å². The molecular weight excluding hydrogens is 384 g/mol. The Balaban J connectivity index is 1.80. The molecule has 140 valence electrons. The van der Waals surface area contributed by atoms with Crippen molar-refractivity contribution < 1.29 is 0 Å². The highest BCUT2D eigenvalue weighted by Gasteiger charge is 2.19. The maximum absolute atomic E-state index is 4.79. The average Bonchev–Trinajstić information content (AvgIpc) is 3.34. The van der Waals surface area contributed by atoms with Gasteiger partial charge in [-0.2, -0.15) is 0 Å². The van der Waals surface area contributed by atoms with Crippen LogP contribution in [-0.4, -0.2) is 9.55 Å². The summed E-state index contributed by atoms with van der Waals surface area (Å²) in [5.41, 5.74) is 4.64. The molecule has 0 aliphatic carbocycles. The second-order valence-corrected chi connectivity index (χ2v) is 8.72. The number of rotatable bonds is 1. The lowest BCUT2D eigenvalue weighted by Gasteiger charge is -2.12. The third kappa shape index (κ3) is 2.05. The van der Waals surface area contributed by atoms with E-state index in [-0.39, 0.29) is 0 Å². The molecule has 0 bridgehead atoms. The van der Waals surface area contributed by atoms with Crippen LogP contribution in [0.15, 0.2) is 97.2 Å². The van der Waals surface area contributed by atoms with Crippen molar-refractivity contribution in [2.24, 2.45) is 0 Å². The predicted octanol–water partition coefficient (Wildman–Crippen LogP) is 7.70. The number of thiophene rings is 1. The van der Waals surface area contributed by atoms with E-state index < -0.39 is 0 Å². The molecule has 0 spiro atoms. The van der Waals surface area contributed by atoms with Crippen LogP contribution in [0.2, 0.25) is 0 Å². The highest BCUT2D eigenvalue weighted by Crippen LogP contribution is 2.43. The van der Waals surface area contributed by atoms with Crippen LogP contribution in [0, 0.1) is 0 Å². The van der Waals surface area contributed by atoms with Crippen LogP contribution in [0.1, 0.15) is 0 Å². The van der Waals surface area contributed by atoms with Crippen molar-refractivity contribution in [3.05, 3.63) is 97.2 Å². The molecule has 0 radical (unpaired) electrons. The topological polar surface area (TPSA) is 17.8 Å². The van der Waals surface area contributed by atoms with E-state index in [1.165, 1.54) is 47.5 Å². The Bertz CT molecular complexity index is 1750. The monoisotopic (exact) mass is 400 g/mol. The zero-order valence-corrected chi connectivity index (χ0v) is 16.9. The number of nitrogens with zero attached hydrogens (tertiary/aromatic N) is 2. The van der Waals surface area contributed by atoms with Gasteiger partial charge in [-0.15, -0.1) is 11.3 Å². The minimum Gasteiger partial charge on any atom is -0.306 e. The summed E-state index contributed by atoms with van der Waals surface area (Å²) in [5.74, 6) is 0. The summed E-state index contributed by atoms with van der Waals surface area (Å²) in [6, 6.07) is 32.6. The Labute approximate surface area is 176 Å². The van der Waals surface area contributed by atoms with Crippen LogP contribution < -0.4 is 0 Å². The first-order valence-corrected chi connectivity index (χ1v) is 10.9. The van der Waals surface area contributed by atoms with Crippen molar-refractivity contribution in [2.45, 2.75) is 0 Å². The predicted molar refractivity (Wildman–Crippen MR) is 129 cm³/mol. The molecule has 0 unspecified atom stereocenters. The zero-order chi connectivity index (χ0) is 19.7. The van der Waals surface area contributed by atoms with E-state index in [1.54, 1.807) is 0 Å². The standard InChI is InChI=1S/C27H16N2S/c1-2-9-18-17(7-1)8-5-11-21(18)29-22-12-6-16-28-26(22)20-14-15-24-25(27(20)29)19-10-3-4-13-23(19)30-24/h1-16H. The van der Waals surface area contributed by atoms with Gasteiger partial charge in [0, 0.05) is 37.1 Å². The van der Waals surface area contributed by atoms with Crippen LogP contribution in [0.5, 0.6) is 0 Å². The first-order valence-electron chi connectivity index (χ1n) is 10.1. The minimum atomic E-state index is 1.05. The van der Waals surface area contributed by atoms with Gasteiger partial charge in [0.05, 0.1) is 22.2 Å². The smallest absolute Gasteiger partial charge is 0.0963 e. The lowest BCUT2D eigenvalue weighted by atomic mass is 10.1. The van der Waals surface area contributed by atoms with Gasteiger partial charge in [-0.1, -0.05) is 54.6 Å². The Morgan fingerprint density at radius 3 is 2.43 bits per heavy atom. The molecule has 30 heavy (non-hydrogen) atoms. The molecule has 2 nitrogen and oxygen atoms in total. The van der Waals surface area contributed by atoms with E-state index in [0.717, 1.165) is 11.0 Å². The van der Waals surface area contributed by atoms with Gasteiger partial charge in [-0.3, -0.25) is 4.98 Å². The first-order chi connectivity index (χ1) is 14.9. The average molecular weight is 401 g/mol. The van der Waals surface area contributed by atoms with Crippen LogP contribution in [-0.2, 0) is 0 Å². The molecule has 0 aliphatic heterocycles. The Hall–Kier alpha value is -3.69. The summed E-state index contributed by atoms with van der Waals surface area (Å²) in [6.45, 7) is 0. The summed E-state index contributed by atoms with van der Waals surface area (Å²) >= 11 is 1.86. The van der Waals surface area contributed by atoms with Gasteiger partial charge in [0.25, 0.3) is 0 Å². The van der Waals surface area contributed by atoms with Gasteiger partial charge in [-0.05, 0) is 41.8 Å². The molecule has 0 amide bonds. The van der Waals surface area contributed by atoms with E-state index in [4.69, 9.17) is 4.98 Å². The largest absolute Gasteiger partial charge is 0.306 e. The highest BCUT2D eigenvalue weighted by molar-refractivity contribution is 7.26. The summed E-state index contributed by atoms with van der Waals surface area (Å²) < 4.78 is 5.05. The molecule has 0 N–H and O–H groups in total. The molecule has 7 aromatic rings. The number of hydrogen-bond donors (Lipinski definition) is 0. The van der Waals surface area contributed by atoms with Gasteiger partial charge < -0.3 is 4.57 Å². The minimum absolute atomic E-state index is 1.05. The SMILES string of the molecule is c1ccc2c(-n3c4cccnc4c4ccc5sc6ccccc6c5c43)cccc2c1. The molecule has 3 heteroatoms. The number of hydrogen-bond acceptors (Lipinski definition) is 2.